The van der Waals surface area contributed by atoms with Crippen molar-refractivity contribution in [2.75, 3.05) is 6.61 Å². The van der Waals surface area contributed by atoms with Gasteiger partial charge in [-0.25, -0.2) is 4.79 Å². The van der Waals surface area contributed by atoms with Crippen molar-refractivity contribution < 1.29 is 19.4 Å². The van der Waals surface area contributed by atoms with Crippen LogP contribution in [0.1, 0.15) is 25.3 Å². The van der Waals surface area contributed by atoms with E-state index in [2.05, 4.69) is 5.32 Å². The second kappa shape index (κ2) is 7.41. The van der Waals surface area contributed by atoms with E-state index in [4.69, 9.17) is 9.84 Å². The van der Waals surface area contributed by atoms with Crippen molar-refractivity contribution in [2.24, 2.45) is 0 Å². The number of carboxylic acids is 1. The number of amides is 1. The van der Waals surface area contributed by atoms with E-state index in [1.54, 1.807) is 6.07 Å². The Morgan fingerprint density at radius 1 is 1.42 bits per heavy atom. The van der Waals surface area contributed by atoms with Gasteiger partial charge in [-0.3, -0.25) is 4.79 Å². The van der Waals surface area contributed by atoms with Crippen LogP contribution in [0.3, 0.4) is 0 Å². The van der Waals surface area contributed by atoms with Gasteiger partial charge in [-0.05, 0) is 31.0 Å². The van der Waals surface area contributed by atoms with E-state index in [1.165, 1.54) is 0 Å². The Kier molecular flexibility index (Phi) is 5.85. The van der Waals surface area contributed by atoms with Crippen LogP contribution < -0.4 is 10.1 Å². The molecule has 0 bridgehead atoms. The number of carbonyl (C=O) groups is 2. The molecule has 1 atom stereocenters. The molecule has 0 spiro atoms. The van der Waals surface area contributed by atoms with Gasteiger partial charge in [-0.1, -0.05) is 25.5 Å². The monoisotopic (exact) mass is 265 g/mol. The number of rotatable bonds is 7. The molecule has 2 N–H and O–H groups in total. The SMILES string of the molecule is CCCC(NC(=O)COc1cccc(C)c1)C(=O)O. The number of ether oxygens (including phenoxy) is 1. The largest absolute Gasteiger partial charge is 0.484 e. The molecule has 19 heavy (non-hydrogen) atoms. The molecule has 0 saturated carbocycles. The first-order valence-electron chi connectivity index (χ1n) is 6.24. The van der Waals surface area contributed by atoms with Crippen LogP contribution in [0.15, 0.2) is 24.3 Å². The van der Waals surface area contributed by atoms with Crippen LogP contribution in [0.5, 0.6) is 5.75 Å². The lowest BCUT2D eigenvalue weighted by atomic mass is 10.2. The van der Waals surface area contributed by atoms with Crippen molar-refractivity contribution in [1.29, 1.82) is 0 Å². The van der Waals surface area contributed by atoms with E-state index in [-0.39, 0.29) is 6.61 Å². The van der Waals surface area contributed by atoms with Crippen LogP contribution in [0.2, 0.25) is 0 Å². The highest BCUT2D eigenvalue weighted by atomic mass is 16.5. The highest BCUT2D eigenvalue weighted by Crippen LogP contribution is 2.11. The standard InChI is InChI=1S/C14H19NO4/c1-3-5-12(14(17)18)15-13(16)9-19-11-7-4-6-10(2)8-11/h4,6-8,12H,3,5,9H2,1-2H3,(H,15,16)(H,17,18). The summed E-state index contributed by atoms with van der Waals surface area (Å²) in [6, 6.07) is 6.47. The minimum absolute atomic E-state index is 0.184. The molecule has 1 aromatic carbocycles. The number of hydrogen-bond donors (Lipinski definition) is 2. The molecule has 1 amide bonds. The van der Waals surface area contributed by atoms with Crippen molar-refractivity contribution in [3.63, 3.8) is 0 Å². The summed E-state index contributed by atoms with van der Waals surface area (Å²) in [6.07, 6.45) is 1.10. The normalized spacial score (nSPS) is 11.7. The predicted octanol–water partition coefficient (Wildman–Crippen LogP) is 1.74. The molecule has 1 rings (SSSR count). The third-order valence-electron chi connectivity index (χ3n) is 2.57. The van der Waals surface area contributed by atoms with Crippen LogP contribution in [0, 0.1) is 6.92 Å². The van der Waals surface area contributed by atoms with E-state index in [9.17, 15) is 9.59 Å². The Morgan fingerprint density at radius 2 is 2.16 bits per heavy atom. The first kappa shape index (κ1) is 15.0. The first-order valence-corrected chi connectivity index (χ1v) is 6.24. The third-order valence-corrected chi connectivity index (χ3v) is 2.57. The number of benzene rings is 1. The lowest BCUT2D eigenvalue weighted by molar-refractivity contribution is -0.142. The predicted molar refractivity (Wildman–Crippen MR) is 71.1 cm³/mol. The third kappa shape index (κ3) is 5.42. The molecule has 0 heterocycles. The summed E-state index contributed by atoms with van der Waals surface area (Å²) in [5.41, 5.74) is 1.03. The molecule has 0 aliphatic carbocycles. The average Bonchev–Trinajstić information content (AvgIpc) is 2.36. The van der Waals surface area contributed by atoms with Crippen molar-refractivity contribution >= 4 is 11.9 Å². The minimum atomic E-state index is -1.02. The summed E-state index contributed by atoms with van der Waals surface area (Å²) >= 11 is 0. The molecular formula is C14H19NO4. The van der Waals surface area contributed by atoms with Crippen molar-refractivity contribution in [3.8, 4) is 5.75 Å². The van der Waals surface area contributed by atoms with Crippen molar-refractivity contribution in [3.05, 3.63) is 29.8 Å². The van der Waals surface area contributed by atoms with Gasteiger partial charge >= 0.3 is 5.97 Å². The molecule has 0 aromatic heterocycles. The molecule has 0 aliphatic heterocycles. The molecule has 0 aliphatic rings. The molecule has 1 unspecified atom stereocenters. The lowest BCUT2D eigenvalue weighted by Crippen LogP contribution is -2.42. The Morgan fingerprint density at radius 3 is 2.74 bits per heavy atom. The highest BCUT2D eigenvalue weighted by Gasteiger charge is 2.18. The molecule has 5 heteroatoms. The lowest BCUT2D eigenvalue weighted by Gasteiger charge is -2.14. The summed E-state index contributed by atoms with van der Waals surface area (Å²) in [5.74, 6) is -0.856. The second-order valence-corrected chi connectivity index (χ2v) is 4.35. The van der Waals surface area contributed by atoms with Crippen molar-refractivity contribution in [2.45, 2.75) is 32.7 Å². The molecule has 104 valence electrons. The summed E-state index contributed by atoms with van der Waals surface area (Å²) in [6.45, 7) is 3.61. The number of carbonyl (C=O) groups excluding carboxylic acids is 1. The zero-order valence-corrected chi connectivity index (χ0v) is 11.2. The minimum Gasteiger partial charge on any atom is -0.484 e. The van der Waals surface area contributed by atoms with E-state index < -0.39 is 17.9 Å². The zero-order chi connectivity index (χ0) is 14.3. The fraction of sp³-hybridized carbons (Fsp3) is 0.429. The number of carboxylic acid groups (broad SMARTS) is 1. The number of aryl methyl sites for hydroxylation is 1. The second-order valence-electron chi connectivity index (χ2n) is 4.35. The molecule has 1 aromatic rings. The van der Waals surface area contributed by atoms with Crippen LogP contribution in [0.25, 0.3) is 0 Å². The van der Waals surface area contributed by atoms with Crippen LogP contribution in [-0.4, -0.2) is 29.6 Å². The van der Waals surface area contributed by atoms with Gasteiger partial charge < -0.3 is 15.2 Å². The molecule has 5 nitrogen and oxygen atoms in total. The molecule has 0 fully saturated rings. The Hall–Kier alpha value is -2.04. The fourth-order valence-corrected chi connectivity index (χ4v) is 1.64. The summed E-state index contributed by atoms with van der Waals surface area (Å²) in [4.78, 5) is 22.5. The van der Waals surface area contributed by atoms with Gasteiger partial charge in [-0.2, -0.15) is 0 Å². The quantitative estimate of drug-likeness (QED) is 0.787. The van der Waals surface area contributed by atoms with Gasteiger partial charge in [0.05, 0.1) is 0 Å². The fourth-order valence-electron chi connectivity index (χ4n) is 1.64. The van der Waals surface area contributed by atoms with Crippen molar-refractivity contribution in [1.82, 2.24) is 5.32 Å². The zero-order valence-electron chi connectivity index (χ0n) is 11.2. The summed E-state index contributed by atoms with van der Waals surface area (Å²) in [5, 5.41) is 11.4. The Balaban J connectivity index is 2.44. The average molecular weight is 265 g/mol. The van der Waals surface area contributed by atoms with E-state index in [1.807, 2.05) is 32.0 Å². The molecular weight excluding hydrogens is 246 g/mol. The van der Waals surface area contributed by atoms with E-state index >= 15 is 0 Å². The summed E-state index contributed by atoms with van der Waals surface area (Å²) < 4.78 is 5.30. The van der Waals surface area contributed by atoms with Gasteiger partial charge in [0, 0.05) is 0 Å². The molecule has 0 saturated heterocycles. The Labute approximate surface area is 112 Å². The summed E-state index contributed by atoms with van der Waals surface area (Å²) in [7, 11) is 0. The van der Waals surface area contributed by atoms with Gasteiger partial charge in [0.15, 0.2) is 6.61 Å². The Bertz CT molecular complexity index is 445. The smallest absolute Gasteiger partial charge is 0.326 e. The van der Waals surface area contributed by atoms with Gasteiger partial charge in [0.1, 0.15) is 11.8 Å². The van der Waals surface area contributed by atoms with Gasteiger partial charge in [0.25, 0.3) is 5.91 Å². The number of nitrogens with one attached hydrogen (secondary N) is 1. The highest BCUT2D eigenvalue weighted by molar-refractivity contribution is 5.84. The number of aliphatic carboxylic acids is 1. The van der Waals surface area contributed by atoms with Crippen LogP contribution in [-0.2, 0) is 9.59 Å². The van der Waals surface area contributed by atoms with Crippen LogP contribution >= 0.6 is 0 Å². The first-order chi connectivity index (χ1) is 9.02. The molecule has 0 radical (unpaired) electrons. The number of hydrogen-bond acceptors (Lipinski definition) is 3. The maximum Gasteiger partial charge on any atom is 0.326 e. The topological polar surface area (TPSA) is 75.6 Å². The maximum atomic E-state index is 11.6. The maximum absolute atomic E-state index is 11.6. The van der Waals surface area contributed by atoms with E-state index in [0.717, 1.165) is 5.56 Å². The van der Waals surface area contributed by atoms with E-state index in [0.29, 0.717) is 18.6 Å². The van der Waals surface area contributed by atoms with Crippen LogP contribution in [0.4, 0.5) is 0 Å². The van der Waals surface area contributed by atoms with Gasteiger partial charge in [-0.15, -0.1) is 0 Å². The van der Waals surface area contributed by atoms with Gasteiger partial charge in [0.2, 0.25) is 0 Å².